The average molecular weight is 329 g/mol. The fraction of sp³-hybridized carbons (Fsp3) is 0.412. The predicted molar refractivity (Wildman–Crippen MR) is 84.8 cm³/mol. The Bertz CT molecular complexity index is 716. The highest BCUT2D eigenvalue weighted by Gasteiger charge is 2.44. The molecule has 7 heteroatoms. The van der Waals surface area contributed by atoms with Crippen molar-refractivity contribution in [3.63, 3.8) is 0 Å². The van der Waals surface area contributed by atoms with Gasteiger partial charge in [-0.05, 0) is 37.3 Å². The molecule has 0 radical (unpaired) electrons. The van der Waals surface area contributed by atoms with Gasteiger partial charge in [-0.25, -0.2) is 9.69 Å². The number of hydrogen-bond donors (Lipinski definition) is 1. The van der Waals surface area contributed by atoms with Crippen molar-refractivity contribution in [2.75, 3.05) is 13.1 Å². The molecule has 2 aliphatic rings. The third-order valence-corrected chi connectivity index (χ3v) is 4.46. The quantitative estimate of drug-likeness (QED) is 0.659. The first-order valence-electron chi connectivity index (χ1n) is 8.07. The van der Waals surface area contributed by atoms with Gasteiger partial charge >= 0.3 is 17.8 Å². The molecule has 1 aliphatic carbocycles. The van der Waals surface area contributed by atoms with Crippen molar-refractivity contribution in [1.82, 2.24) is 15.1 Å². The number of likely N-dealkylation sites (N-methyl/N-ethyl adjacent to an activating group) is 1. The summed E-state index contributed by atoms with van der Waals surface area (Å²) in [6.45, 7) is 1.28. The molecule has 1 aromatic carbocycles. The van der Waals surface area contributed by atoms with E-state index in [-0.39, 0.29) is 12.6 Å². The molecule has 1 N–H and O–H groups in total. The van der Waals surface area contributed by atoms with Gasteiger partial charge in [0.05, 0.1) is 6.04 Å². The van der Waals surface area contributed by atoms with Crippen LogP contribution in [-0.2, 0) is 20.8 Å². The zero-order chi connectivity index (χ0) is 17.3. The standard InChI is InChI=1S/C17H19N3O4/c1-2-19-15(22)16(23)20(17(19)24)10-14(21)18-13-9-5-7-11-6-3-4-8-12(11)13/h3-4,6,8,13H,2,5,7,9-10H2,1H3,(H,18,21)/t13-/m0/s1. The normalized spacial score (nSPS) is 20.4. The van der Waals surface area contributed by atoms with E-state index in [0.29, 0.717) is 4.90 Å². The van der Waals surface area contributed by atoms with Crippen LogP contribution in [0, 0.1) is 0 Å². The van der Waals surface area contributed by atoms with Crippen molar-refractivity contribution in [3.05, 3.63) is 35.4 Å². The minimum Gasteiger partial charge on any atom is -0.348 e. The summed E-state index contributed by atoms with van der Waals surface area (Å²) < 4.78 is 0. The maximum absolute atomic E-state index is 12.3. The lowest BCUT2D eigenvalue weighted by Crippen LogP contribution is -2.43. The van der Waals surface area contributed by atoms with E-state index in [9.17, 15) is 19.2 Å². The van der Waals surface area contributed by atoms with Gasteiger partial charge in [-0.2, -0.15) is 0 Å². The molecule has 7 nitrogen and oxygen atoms in total. The summed E-state index contributed by atoms with van der Waals surface area (Å²) in [5, 5.41) is 2.88. The highest BCUT2D eigenvalue weighted by molar-refractivity contribution is 6.45. The van der Waals surface area contributed by atoms with Crippen LogP contribution in [0.2, 0.25) is 0 Å². The SMILES string of the molecule is CCN1C(=O)C(=O)N(CC(=O)N[C@H]2CCCc3ccccc32)C1=O. The lowest BCUT2D eigenvalue weighted by Gasteiger charge is -2.27. The smallest absolute Gasteiger partial charge is 0.334 e. The summed E-state index contributed by atoms with van der Waals surface area (Å²) >= 11 is 0. The first kappa shape index (κ1) is 16.2. The van der Waals surface area contributed by atoms with Gasteiger partial charge in [-0.1, -0.05) is 24.3 Å². The molecular weight excluding hydrogens is 310 g/mol. The van der Waals surface area contributed by atoms with E-state index in [2.05, 4.69) is 5.32 Å². The molecule has 0 unspecified atom stereocenters. The van der Waals surface area contributed by atoms with E-state index in [0.717, 1.165) is 29.7 Å². The first-order chi connectivity index (χ1) is 11.5. The maximum atomic E-state index is 12.3. The van der Waals surface area contributed by atoms with Crippen LogP contribution >= 0.6 is 0 Å². The lowest BCUT2D eigenvalue weighted by molar-refractivity contribution is -0.144. The second-order valence-electron chi connectivity index (χ2n) is 5.93. The Labute approximate surface area is 139 Å². The number of benzene rings is 1. The van der Waals surface area contributed by atoms with E-state index in [4.69, 9.17) is 0 Å². The van der Waals surface area contributed by atoms with Gasteiger partial charge in [0.15, 0.2) is 0 Å². The Morgan fingerprint density at radius 1 is 1.17 bits per heavy atom. The van der Waals surface area contributed by atoms with Crippen LogP contribution in [0.1, 0.15) is 36.9 Å². The van der Waals surface area contributed by atoms with E-state index in [1.807, 2.05) is 24.3 Å². The summed E-state index contributed by atoms with van der Waals surface area (Å²) in [6, 6.07) is 7.05. The van der Waals surface area contributed by atoms with Crippen LogP contribution in [0.4, 0.5) is 4.79 Å². The van der Waals surface area contributed by atoms with Crippen LogP contribution in [0.5, 0.6) is 0 Å². The van der Waals surface area contributed by atoms with Crippen LogP contribution in [0.3, 0.4) is 0 Å². The molecule has 0 saturated carbocycles. The minimum absolute atomic E-state index is 0.109. The molecule has 1 heterocycles. The number of aryl methyl sites for hydroxylation is 1. The molecule has 0 spiro atoms. The summed E-state index contributed by atoms with van der Waals surface area (Å²) in [5.74, 6) is -2.26. The van der Waals surface area contributed by atoms with Gasteiger partial charge in [0.25, 0.3) is 0 Å². The Balaban J connectivity index is 1.68. The second-order valence-corrected chi connectivity index (χ2v) is 5.93. The zero-order valence-electron chi connectivity index (χ0n) is 13.4. The van der Waals surface area contributed by atoms with Crippen molar-refractivity contribution >= 4 is 23.8 Å². The molecule has 3 rings (SSSR count). The molecule has 24 heavy (non-hydrogen) atoms. The number of rotatable bonds is 4. The zero-order valence-corrected chi connectivity index (χ0v) is 13.4. The molecule has 1 saturated heterocycles. The molecule has 0 bridgehead atoms. The van der Waals surface area contributed by atoms with Gasteiger partial charge in [0, 0.05) is 6.54 Å². The third-order valence-electron chi connectivity index (χ3n) is 4.46. The number of carbonyl (C=O) groups excluding carboxylic acids is 4. The minimum atomic E-state index is -0.943. The van der Waals surface area contributed by atoms with Gasteiger partial charge < -0.3 is 5.32 Å². The Morgan fingerprint density at radius 3 is 2.58 bits per heavy atom. The number of nitrogens with zero attached hydrogens (tertiary/aromatic N) is 2. The number of nitrogens with one attached hydrogen (secondary N) is 1. The number of fused-ring (bicyclic) bond motifs is 1. The summed E-state index contributed by atoms with van der Waals surface area (Å²) in [5.41, 5.74) is 2.28. The topological polar surface area (TPSA) is 86.8 Å². The van der Waals surface area contributed by atoms with E-state index >= 15 is 0 Å². The van der Waals surface area contributed by atoms with Crippen molar-refractivity contribution in [1.29, 1.82) is 0 Å². The Morgan fingerprint density at radius 2 is 1.88 bits per heavy atom. The average Bonchev–Trinajstić information content (AvgIpc) is 2.78. The fourth-order valence-corrected chi connectivity index (χ4v) is 3.26. The molecule has 126 valence electrons. The summed E-state index contributed by atoms with van der Waals surface area (Å²) in [4.78, 5) is 49.4. The highest BCUT2D eigenvalue weighted by Crippen LogP contribution is 2.29. The molecule has 1 fully saturated rings. The van der Waals surface area contributed by atoms with E-state index in [1.54, 1.807) is 6.92 Å². The van der Waals surface area contributed by atoms with Gasteiger partial charge in [0.2, 0.25) is 5.91 Å². The van der Waals surface area contributed by atoms with E-state index in [1.165, 1.54) is 5.56 Å². The highest BCUT2D eigenvalue weighted by atomic mass is 16.2. The Hall–Kier alpha value is -2.70. The number of hydrogen-bond acceptors (Lipinski definition) is 4. The molecule has 1 aliphatic heterocycles. The molecule has 0 aromatic heterocycles. The predicted octanol–water partition coefficient (Wildman–Crippen LogP) is 0.991. The molecule has 1 atom stereocenters. The van der Waals surface area contributed by atoms with Gasteiger partial charge in [0.1, 0.15) is 6.54 Å². The van der Waals surface area contributed by atoms with Crippen LogP contribution in [0.25, 0.3) is 0 Å². The van der Waals surface area contributed by atoms with E-state index < -0.39 is 30.3 Å². The van der Waals surface area contributed by atoms with Crippen LogP contribution < -0.4 is 5.32 Å². The van der Waals surface area contributed by atoms with Crippen LogP contribution in [0.15, 0.2) is 24.3 Å². The van der Waals surface area contributed by atoms with Crippen molar-refractivity contribution in [3.8, 4) is 0 Å². The first-order valence-corrected chi connectivity index (χ1v) is 8.07. The number of imide groups is 2. The van der Waals surface area contributed by atoms with Gasteiger partial charge in [-0.15, -0.1) is 0 Å². The van der Waals surface area contributed by atoms with Crippen molar-refractivity contribution in [2.24, 2.45) is 0 Å². The monoisotopic (exact) mass is 329 g/mol. The third kappa shape index (κ3) is 2.77. The lowest BCUT2D eigenvalue weighted by atomic mass is 9.88. The summed E-state index contributed by atoms with van der Waals surface area (Å²) in [7, 11) is 0. The molecular formula is C17H19N3O4. The molecule has 1 aromatic rings. The summed E-state index contributed by atoms with van der Waals surface area (Å²) in [6.07, 6.45) is 2.75. The van der Waals surface area contributed by atoms with Crippen molar-refractivity contribution in [2.45, 2.75) is 32.2 Å². The van der Waals surface area contributed by atoms with Crippen molar-refractivity contribution < 1.29 is 19.2 Å². The van der Waals surface area contributed by atoms with Gasteiger partial charge in [-0.3, -0.25) is 19.3 Å². The molecule has 5 amide bonds. The second kappa shape index (κ2) is 6.43. The largest absolute Gasteiger partial charge is 0.348 e. The number of urea groups is 1. The fourth-order valence-electron chi connectivity index (χ4n) is 3.26. The maximum Gasteiger partial charge on any atom is 0.334 e. The van der Waals surface area contributed by atoms with Crippen LogP contribution in [-0.4, -0.2) is 46.6 Å². The Kier molecular flexibility index (Phi) is 4.33. The number of carbonyl (C=O) groups is 4. The number of amides is 5.